The summed E-state index contributed by atoms with van der Waals surface area (Å²) in [4.78, 5) is 14.5. The molecule has 150 valence electrons. The molecular weight excluding hydrogens is 380 g/mol. The van der Waals surface area contributed by atoms with E-state index in [4.69, 9.17) is 0 Å². The fraction of sp³-hybridized carbons (Fsp3) is 0.435. The molecule has 3 saturated carbocycles. The number of aliphatic hydroxyl groups is 1. The molecule has 2 aromatic heterocycles. The molecule has 0 saturated heterocycles. The van der Waals surface area contributed by atoms with Crippen LogP contribution in [0.25, 0.3) is 10.4 Å². The number of benzene rings is 1. The Morgan fingerprint density at radius 1 is 1.10 bits per heavy atom. The van der Waals surface area contributed by atoms with E-state index in [0.29, 0.717) is 17.8 Å². The predicted octanol–water partition coefficient (Wildman–Crippen LogP) is 5.36. The Labute approximate surface area is 175 Å². The molecule has 0 aliphatic heterocycles. The van der Waals surface area contributed by atoms with Crippen LogP contribution in [0.15, 0.2) is 36.7 Å². The van der Waals surface area contributed by atoms with Gasteiger partial charge in [0.2, 0.25) is 5.95 Å². The monoisotopic (exact) mass is 406 g/mol. The van der Waals surface area contributed by atoms with E-state index in [1.54, 1.807) is 17.5 Å². The highest BCUT2D eigenvalue weighted by atomic mass is 32.1. The highest BCUT2D eigenvalue weighted by Gasteiger charge is 2.49. The maximum Gasteiger partial charge on any atom is 0.227 e. The first kappa shape index (κ1) is 18.7. The van der Waals surface area contributed by atoms with Gasteiger partial charge in [-0.1, -0.05) is 6.07 Å². The zero-order chi connectivity index (χ0) is 20.0. The molecule has 3 aromatic rings. The third kappa shape index (κ3) is 3.55. The molecule has 2 heterocycles. The summed E-state index contributed by atoms with van der Waals surface area (Å²) in [5, 5.41) is 15.6. The molecule has 0 amide bonds. The van der Waals surface area contributed by atoms with Crippen molar-refractivity contribution in [1.29, 1.82) is 0 Å². The molecule has 1 unspecified atom stereocenters. The van der Waals surface area contributed by atoms with Gasteiger partial charge < -0.3 is 10.4 Å². The van der Waals surface area contributed by atoms with E-state index in [9.17, 15) is 5.11 Å². The first-order valence-electron chi connectivity index (χ1n) is 10.4. The van der Waals surface area contributed by atoms with Crippen molar-refractivity contribution in [2.75, 3.05) is 5.32 Å². The number of nitrogens with zero attached hydrogens (tertiary/aromatic N) is 3. The summed E-state index contributed by atoms with van der Waals surface area (Å²) < 4.78 is 0. The number of anilines is 2. The van der Waals surface area contributed by atoms with Crippen molar-refractivity contribution in [3.63, 3.8) is 0 Å². The quantitative estimate of drug-likeness (QED) is 0.610. The Kier molecular flexibility index (Phi) is 4.63. The molecule has 3 fully saturated rings. The van der Waals surface area contributed by atoms with Gasteiger partial charge in [0.25, 0.3) is 0 Å². The summed E-state index contributed by atoms with van der Waals surface area (Å²) >= 11 is 1.64. The van der Waals surface area contributed by atoms with Crippen molar-refractivity contribution in [2.24, 2.45) is 11.8 Å². The summed E-state index contributed by atoms with van der Waals surface area (Å²) in [5.41, 5.74) is 3.41. The van der Waals surface area contributed by atoms with Gasteiger partial charge in [0.15, 0.2) is 0 Å². The lowest BCUT2D eigenvalue weighted by Crippen LogP contribution is -2.44. The summed E-state index contributed by atoms with van der Waals surface area (Å²) in [6, 6.07) is 8.24. The fourth-order valence-electron chi connectivity index (χ4n) is 4.96. The molecule has 29 heavy (non-hydrogen) atoms. The summed E-state index contributed by atoms with van der Waals surface area (Å²) in [7, 11) is 0. The molecule has 2 N–H and O–H groups in total. The molecule has 3 aliphatic carbocycles. The van der Waals surface area contributed by atoms with Crippen LogP contribution in [0, 0.1) is 25.7 Å². The first-order valence-corrected chi connectivity index (χ1v) is 11.2. The predicted molar refractivity (Wildman–Crippen MR) is 116 cm³/mol. The van der Waals surface area contributed by atoms with Gasteiger partial charge in [-0.3, -0.25) is 0 Å². The van der Waals surface area contributed by atoms with Crippen LogP contribution in [-0.4, -0.2) is 20.1 Å². The minimum atomic E-state index is -0.732. The van der Waals surface area contributed by atoms with Crippen LogP contribution in [0.3, 0.4) is 0 Å². The Morgan fingerprint density at radius 3 is 2.66 bits per heavy atom. The smallest absolute Gasteiger partial charge is 0.227 e. The fourth-order valence-corrected chi connectivity index (χ4v) is 6.04. The zero-order valence-corrected chi connectivity index (χ0v) is 17.7. The largest absolute Gasteiger partial charge is 0.382 e. The van der Waals surface area contributed by atoms with E-state index in [0.717, 1.165) is 51.7 Å². The lowest BCUT2D eigenvalue weighted by molar-refractivity contribution is -0.104. The number of nitrogens with one attached hydrogen (secondary N) is 1. The highest BCUT2D eigenvalue weighted by molar-refractivity contribution is 7.15. The van der Waals surface area contributed by atoms with Crippen molar-refractivity contribution in [2.45, 2.75) is 51.6 Å². The van der Waals surface area contributed by atoms with Gasteiger partial charge in [-0.25, -0.2) is 15.0 Å². The topological polar surface area (TPSA) is 70.9 Å². The number of thiazole rings is 1. The van der Waals surface area contributed by atoms with Gasteiger partial charge in [-0.05, 0) is 87.1 Å². The molecule has 2 bridgehead atoms. The summed E-state index contributed by atoms with van der Waals surface area (Å²) in [6.07, 6.45) is 9.34. The van der Waals surface area contributed by atoms with Crippen molar-refractivity contribution < 1.29 is 5.11 Å². The standard InChI is InChI=1S/C23H26N4OS/c1-14-9-17(11-19(10-14)27-22-24-8-7-15(2)26-22)20-13-25-21(29-20)23(28)12-16-3-5-18(23)6-4-16/h7-11,13,16,18,28H,3-6,12H2,1-2H3,(H,24,26,27). The number of aryl methyl sites for hydroxylation is 2. The third-order valence-electron chi connectivity index (χ3n) is 6.41. The molecule has 1 atom stereocenters. The van der Waals surface area contributed by atoms with Crippen LogP contribution in [0.1, 0.15) is 48.4 Å². The van der Waals surface area contributed by atoms with Crippen LogP contribution >= 0.6 is 11.3 Å². The van der Waals surface area contributed by atoms with Crippen LogP contribution < -0.4 is 5.32 Å². The second kappa shape index (κ2) is 7.18. The van der Waals surface area contributed by atoms with Crippen LogP contribution in [-0.2, 0) is 5.60 Å². The van der Waals surface area contributed by atoms with E-state index < -0.39 is 5.60 Å². The van der Waals surface area contributed by atoms with Crippen LogP contribution in [0.5, 0.6) is 0 Å². The minimum Gasteiger partial charge on any atom is -0.382 e. The number of hydrogen-bond acceptors (Lipinski definition) is 6. The Morgan fingerprint density at radius 2 is 1.93 bits per heavy atom. The van der Waals surface area contributed by atoms with Gasteiger partial charge >= 0.3 is 0 Å². The number of fused-ring (bicyclic) bond motifs is 3. The molecule has 1 aromatic carbocycles. The third-order valence-corrected chi connectivity index (χ3v) is 7.62. The molecule has 5 nitrogen and oxygen atoms in total. The SMILES string of the molecule is Cc1cc(Nc2nccc(C)n2)cc(-c2cnc(C3(O)CC4CCC3CC4)s2)c1. The summed E-state index contributed by atoms with van der Waals surface area (Å²) in [5.74, 6) is 1.61. The van der Waals surface area contributed by atoms with Crippen molar-refractivity contribution in [3.05, 3.63) is 52.9 Å². The lowest BCUT2D eigenvalue weighted by Gasteiger charge is -2.47. The van der Waals surface area contributed by atoms with Crippen molar-refractivity contribution in [1.82, 2.24) is 15.0 Å². The van der Waals surface area contributed by atoms with E-state index in [2.05, 4.69) is 45.4 Å². The van der Waals surface area contributed by atoms with Crippen LogP contribution in [0.2, 0.25) is 0 Å². The maximum atomic E-state index is 11.4. The van der Waals surface area contributed by atoms with Gasteiger partial charge in [-0.2, -0.15) is 0 Å². The van der Waals surface area contributed by atoms with E-state index >= 15 is 0 Å². The Hall–Kier alpha value is -2.31. The molecule has 3 aliphatic rings. The molecular formula is C23H26N4OS. The van der Waals surface area contributed by atoms with E-state index in [-0.39, 0.29) is 0 Å². The minimum absolute atomic E-state index is 0.361. The second-order valence-electron chi connectivity index (χ2n) is 8.61. The normalized spacial score (nSPS) is 25.9. The zero-order valence-electron chi connectivity index (χ0n) is 16.9. The number of aromatic nitrogens is 3. The lowest BCUT2D eigenvalue weighted by atomic mass is 9.62. The highest BCUT2D eigenvalue weighted by Crippen LogP contribution is 2.53. The molecule has 6 heteroatoms. The van der Waals surface area contributed by atoms with E-state index in [1.165, 1.54) is 12.8 Å². The molecule has 0 radical (unpaired) electrons. The summed E-state index contributed by atoms with van der Waals surface area (Å²) in [6.45, 7) is 4.04. The van der Waals surface area contributed by atoms with Gasteiger partial charge in [0.1, 0.15) is 10.6 Å². The van der Waals surface area contributed by atoms with Crippen molar-refractivity contribution in [3.8, 4) is 10.4 Å². The maximum absolute atomic E-state index is 11.4. The first-order chi connectivity index (χ1) is 14.0. The van der Waals surface area contributed by atoms with Gasteiger partial charge in [0.05, 0.1) is 4.88 Å². The van der Waals surface area contributed by atoms with Crippen molar-refractivity contribution >= 4 is 23.0 Å². The van der Waals surface area contributed by atoms with E-state index in [1.807, 2.05) is 19.2 Å². The second-order valence-corrected chi connectivity index (χ2v) is 9.64. The number of rotatable bonds is 4. The molecule has 6 rings (SSSR count). The average Bonchev–Trinajstić information content (AvgIpc) is 3.19. The average molecular weight is 407 g/mol. The van der Waals surface area contributed by atoms with Crippen LogP contribution in [0.4, 0.5) is 11.6 Å². The molecule has 0 spiro atoms. The number of hydrogen-bond donors (Lipinski definition) is 2. The van der Waals surface area contributed by atoms with Gasteiger partial charge in [0, 0.05) is 23.8 Å². The Balaban J connectivity index is 1.44. The van der Waals surface area contributed by atoms with Gasteiger partial charge in [-0.15, -0.1) is 11.3 Å². The Bertz CT molecular complexity index is 1040.